The Morgan fingerprint density at radius 2 is 2.00 bits per heavy atom. The summed E-state index contributed by atoms with van der Waals surface area (Å²) in [7, 11) is 0. The number of hydrogen-bond acceptors (Lipinski definition) is 4. The molecule has 1 aliphatic rings. The molecule has 0 spiro atoms. The molecule has 33 heavy (non-hydrogen) atoms. The van der Waals surface area contributed by atoms with Crippen LogP contribution in [0.4, 0.5) is 11.6 Å². The summed E-state index contributed by atoms with van der Waals surface area (Å²) in [5.74, 6) is 0.902. The van der Waals surface area contributed by atoms with Gasteiger partial charge in [0.05, 0.1) is 17.1 Å². The third kappa shape index (κ3) is 5.67. The van der Waals surface area contributed by atoms with Gasteiger partial charge < -0.3 is 19.7 Å². The fourth-order valence-corrected chi connectivity index (χ4v) is 4.91. The normalized spacial score (nSPS) is 17.9. The highest BCUT2D eigenvalue weighted by atomic mass is 16.5. The number of carbonyl (C=O) groups is 1. The summed E-state index contributed by atoms with van der Waals surface area (Å²) >= 11 is 0. The molecular weight excluding hydrogens is 414 g/mol. The lowest BCUT2D eigenvalue weighted by molar-refractivity contribution is -0.136. The third-order valence-corrected chi connectivity index (χ3v) is 6.41. The van der Waals surface area contributed by atoms with Crippen molar-refractivity contribution in [2.24, 2.45) is 5.41 Å². The maximum absolute atomic E-state index is 11.0. The van der Waals surface area contributed by atoms with Gasteiger partial charge in [-0.3, -0.25) is 4.79 Å². The van der Waals surface area contributed by atoms with Gasteiger partial charge in [0, 0.05) is 18.2 Å². The third-order valence-electron chi connectivity index (χ3n) is 6.41. The first kappa shape index (κ1) is 23.1. The number of imidazole rings is 1. The van der Waals surface area contributed by atoms with E-state index in [0.29, 0.717) is 17.9 Å². The van der Waals surface area contributed by atoms with Crippen molar-refractivity contribution in [1.29, 1.82) is 0 Å². The van der Waals surface area contributed by atoms with E-state index in [0.717, 1.165) is 46.8 Å². The number of ether oxygens (including phenoxy) is 1. The number of benzene rings is 2. The number of fused-ring (bicyclic) bond motifs is 1. The second kappa shape index (κ2) is 9.46. The van der Waals surface area contributed by atoms with E-state index in [1.165, 1.54) is 12.8 Å². The maximum atomic E-state index is 11.0. The summed E-state index contributed by atoms with van der Waals surface area (Å²) < 4.78 is 8.13. The van der Waals surface area contributed by atoms with Gasteiger partial charge in [0.25, 0.3) is 0 Å². The Balaban J connectivity index is 1.69. The second-order valence-electron chi connectivity index (χ2n) is 10.3. The van der Waals surface area contributed by atoms with E-state index in [1.54, 1.807) is 0 Å². The average molecular weight is 450 g/mol. The van der Waals surface area contributed by atoms with Crippen LogP contribution in [0.25, 0.3) is 11.0 Å². The molecule has 0 unspecified atom stereocenters. The minimum atomic E-state index is -0.780. The first-order chi connectivity index (χ1) is 15.7. The number of hydrogen-bond donors (Lipinski definition) is 2. The van der Waals surface area contributed by atoms with Crippen LogP contribution in [0.2, 0.25) is 0 Å². The predicted octanol–water partition coefficient (Wildman–Crippen LogP) is 6.73. The van der Waals surface area contributed by atoms with E-state index < -0.39 is 5.97 Å². The quantitative estimate of drug-likeness (QED) is 0.399. The van der Waals surface area contributed by atoms with Crippen molar-refractivity contribution in [2.45, 2.75) is 78.4 Å². The van der Waals surface area contributed by atoms with Gasteiger partial charge in [-0.25, -0.2) is 4.98 Å². The molecule has 0 radical (unpaired) electrons. The molecule has 2 N–H and O–H groups in total. The van der Waals surface area contributed by atoms with Gasteiger partial charge in [0.2, 0.25) is 5.95 Å². The fraction of sp³-hybridized carbons (Fsp3) is 0.481. The topological polar surface area (TPSA) is 76.4 Å². The van der Waals surface area contributed by atoms with Crippen LogP contribution in [0, 0.1) is 5.41 Å². The van der Waals surface area contributed by atoms with Crippen LogP contribution < -0.4 is 10.1 Å². The summed E-state index contributed by atoms with van der Waals surface area (Å²) in [6, 6.07) is 14.5. The van der Waals surface area contributed by atoms with Crippen LogP contribution in [0.3, 0.4) is 0 Å². The smallest absolute Gasteiger partial charge is 0.303 e. The molecule has 1 saturated carbocycles. The van der Waals surface area contributed by atoms with E-state index in [-0.39, 0.29) is 12.5 Å². The number of aliphatic carboxylic acids is 1. The molecule has 1 aromatic heterocycles. The number of anilines is 2. The van der Waals surface area contributed by atoms with Gasteiger partial charge in [0.15, 0.2) is 0 Å². The van der Waals surface area contributed by atoms with Crippen LogP contribution in [0.5, 0.6) is 5.75 Å². The largest absolute Gasteiger partial charge is 0.491 e. The minimum absolute atomic E-state index is 0.124. The number of nitrogens with zero attached hydrogens (tertiary/aromatic N) is 2. The van der Waals surface area contributed by atoms with Crippen molar-refractivity contribution in [1.82, 2.24) is 9.55 Å². The number of carboxylic acids is 1. The molecule has 0 bridgehead atoms. The zero-order valence-electron chi connectivity index (χ0n) is 20.1. The highest BCUT2D eigenvalue weighted by Crippen LogP contribution is 2.43. The number of carboxylic acid groups (broad SMARTS) is 1. The number of aryl methyl sites for hydroxylation is 1. The Kier molecular flexibility index (Phi) is 6.63. The van der Waals surface area contributed by atoms with Crippen LogP contribution in [-0.2, 0) is 11.2 Å². The van der Waals surface area contributed by atoms with Crippen LogP contribution in [-0.4, -0.2) is 26.7 Å². The van der Waals surface area contributed by atoms with E-state index in [1.807, 2.05) is 50.2 Å². The van der Waals surface area contributed by atoms with Crippen molar-refractivity contribution in [3.63, 3.8) is 0 Å². The molecule has 0 amide bonds. The summed E-state index contributed by atoms with van der Waals surface area (Å²) in [6.45, 7) is 8.74. The molecule has 0 saturated heterocycles. The summed E-state index contributed by atoms with van der Waals surface area (Å²) in [6.07, 6.45) is 5.45. The first-order valence-corrected chi connectivity index (χ1v) is 12.0. The molecule has 1 aliphatic carbocycles. The lowest BCUT2D eigenvalue weighted by atomic mass is 9.75. The molecule has 3 aromatic rings. The molecule has 2 aromatic carbocycles. The summed E-state index contributed by atoms with van der Waals surface area (Å²) in [5.41, 5.74) is 4.26. The Hall–Kier alpha value is -3.02. The number of nitrogens with one attached hydrogen (secondary N) is 1. The van der Waals surface area contributed by atoms with Gasteiger partial charge in [-0.15, -0.1) is 0 Å². The second-order valence-corrected chi connectivity index (χ2v) is 10.3. The maximum Gasteiger partial charge on any atom is 0.303 e. The fourth-order valence-electron chi connectivity index (χ4n) is 4.91. The van der Waals surface area contributed by atoms with Crippen molar-refractivity contribution in [3.05, 3.63) is 48.0 Å². The van der Waals surface area contributed by atoms with Crippen molar-refractivity contribution < 1.29 is 14.6 Å². The highest BCUT2D eigenvalue weighted by Gasteiger charge is 2.31. The Morgan fingerprint density at radius 1 is 1.24 bits per heavy atom. The van der Waals surface area contributed by atoms with Crippen molar-refractivity contribution in [3.8, 4) is 5.75 Å². The zero-order valence-corrected chi connectivity index (χ0v) is 20.1. The number of rotatable bonds is 8. The Labute approximate surface area is 196 Å². The summed E-state index contributed by atoms with van der Waals surface area (Å²) in [5, 5.41) is 12.6. The Morgan fingerprint density at radius 3 is 2.67 bits per heavy atom. The summed E-state index contributed by atoms with van der Waals surface area (Å²) in [4.78, 5) is 16.0. The van der Waals surface area contributed by atoms with E-state index >= 15 is 0 Å². The van der Waals surface area contributed by atoms with E-state index in [9.17, 15) is 4.79 Å². The van der Waals surface area contributed by atoms with E-state index in [2.05, 4.69) is 29.8 Å². The van der Waals surface area contributed by atoms with Crippen molar-refractivity contribution in [2.75, 3.05) is 5.32 Å². The standard InChI is InChI=1S/C27H35N3O3/c1-18(2)33-22-11-9-20(10-12-22)28-26-29-23-16-19(8-14-25(31)32)7-13-24(23)30(26)21-6-5-15-27(3,4)17-21/h7,9-13,16,18,21H,5-6,8,14-15,17H2,1-4H3,(H,28,29)(H,31,32)/t21-/m0/s1. The molecule has 0 aliphatic heterocycles. The predicted molar refractivity (Wildman–Crippen MR) is 132 cm³/mol. The van der Waals surface area contributed by atoms with Crippen LogP contribution in [0.1, 0.15) is 71.4 Å². The van der Waals surface area contributed by atoms with E-state index in [4.69, 9.17) is 14.8 Å². The van der Waals surface area contributed by atoms with Gasteiger partial charge in [0.1, 0.15) is 5.75 Å². The zero-order chi connectivity index (χ0) is 23.6. The SMILES string of the molecule is CC(C)Oc1ccc(Nc2nc3cc(CCC(=O)O)ccc3n2[C@H]2CCCC(C)(C)C2)cc1. The van der Waals surface area contributed by atoms with Crippen LogP contribution in [0.15, 0.2) is 42.5 Å². The highest BCUT2D eigenvalue weighted by molar-refractivity contribution is 5.81. The Bertz CT molecular complexity index is 1120. The molecule has 6 heteroatoms. The van der Waals surface area contributed by atoms with Crippen LogP contribution >= 0.6 is 0 Å². The van der Waals surface area contributed by atoms with Gasteiger partial charge in [-0.05, 0) is 86.9 Å². The molecular formula is C27H35N3O3. The lowest BCUT2D eigenvalue weighted by Crippen LogP contribution is -2.25. The molecule has 1 heterocycles. The molecule has 4 rings (SSSR count). The molecule has 1 atom stereocenters. The monoisotopic (exact) mass is 449 g/mol. The molecule has 176 valence electrons. The van der Waals surface area contributed by atoms with Gasteiger partial charge in [-0.2, -0.15) is 0 Å². The lowest BCUT2D eigenvalue weighted by Gasteiger charge is -2.36. The molecule has 6 nitrogen and oxygen atoms in total. The van der Waals surface area contributed by atoms with Gasteiger partial charge >= 0.3 is 5.97 Å². The van der Waals surface area contributed by atoms with Crippen molar-refractivity contribution >= 4 is 28.6 Å². The first-order valence-electron chi connectivity index (χ1n) is 12.0. The minimum Gasteiger partial charge on any atom is -0.491 e. The average Bonchev–Trinajstić information content (AvgIpc) is 3.09. The number of aromatic nitrogens is 2. The van der Waals surface area contributed by atoms with Gasteiger partial charge in [-0.1, -0.05) is 26.3 Å². The molecule has 1 fully saturated rings.